The number of hydrogen-bond donors (Lipinski definition) is 1. The van der Waals surface area contributed by atoms with Crippen molar-refractivity contribution in [1.82, 2.24) is 0 Å². The van der Waals surface area contributed by atoms with Crippen molar-refractivity contribution in [3.63, 3.8) is 0 Å². The molecule has 2 aromatic rings. The van der Waals surface area contributed by atoms with Crippen LogP contribution in [0, 0.1) is 17.2 Å². The number of nitrogens with zero attached hydrogens (tertiary/aromatic N) is 2. The van der Waals surface area contributed by atoms with Crippen molar-refractivity contribution in [3.8, 4) is 6.07 Å². The van der Waals surface area contributed by atoms with E-state index >= 15 is 0 Å². The van der Waals surface area contributed by atoms with E-state index < -0.39 is 23.6 Å². The van der Waals surface area contributed by atoms with Gasteiger partial charge in [-0.1, -0.05) is 18.2 Å². The lowest BCUT2D eigenvalue weighted by Crippen LogP contribution is -2.28. The highest BCUT2D eigenvalue weighted by molar-refractivity contribution is 6.03. The predicted molar refractivity (Wildman–Crippen MR) is 91.7 cm³/mol. The highest BCUT2D eigenvalue weighted by Gasteiger charge is 2.37. The van der Waals surface area contributed by atoms with Crippen molar-refractivity contribution in [2.45, 2.75) is 12.6 Å². The quantitative estimate of drug-likeness (QED) is 0.894. The van der Waals surface area contributed by atoms with Crippen LogP contribution in [0.2, 0.25) is 0 Å². The zero-order valence-electron chi connectivity index (χ0n) is 14.0. The van der Waals surface area contributed by atoms with Crippen LogP contribution in [0.4, 0.5) is 24.5 Å². The van der Waals surface area contributed by atoms with E-state index in [0.717, 1.165) is 6.07 Å². The lowest BCUT2D eigenvalue weighted by atomic mass is 10.1. The fraction of sp³-hybridized carbons (Fsp3) is 0.211. The minimum Gasteiger partial charge on any atom is -0.325 e. The molecule has 1 fully saturated rings. The molecule has 3 rings (SSSR count). The number of amides is 2. The Kier molecular flexibility index (Phi) is 4.86. The van der Waals surface area contributed by atoms with Crippen LogP contribution < -0.4 is 10.2 Å². The minimum absolute atomic E-state index is 0.0354. The van der Waals surface area contributed by atoms with Crippen LogP contribution in [0.15, 0.2) is 48.5 Å². The Labute approximate surface area is 153 Å². The molecule has 1 aliphatic rings. The molecule has 1 atom stereocenters. The third kappa shape index (κ3) is 3.92. The number of carbonyl (C=O) groups excluding carboxylic acids is 2. The summed E-state index contributed by atoms with van der Waals surface area (Å²) in [4.78, 5) is 26.0. The number of para-hydroxylation sites is 1. The first-order valence-corrected chi connectivity index (χ1v) is 8.07. The summed E-state index contributed by atoms with van der Waals surface area (Å²) in [7, 11) is 0. The van der Waals surface area contributed by atoms with Crippen molar-refractivity contribution in [3.05, 3.63) is 59.7 Å². The summed E-state index contributed by atoms with van der Waals surface area (Å²) in [5.41, 5.74) is -0.439. The van der Waals surface area contributed by atoms with E-state index in [4.69, 9.17) is 5.26 Å². The normalized spacial score (nSPS) is 16.9. The van der Waals surface area contributed by atoms with Gasteiger partial charge in [0.1, 0.15) is 0 Å². The molecular formula is C19H14F3N3O2. The standard InChI is InChI=1S/C19H14F3N3O2/c20-19(21,22)15-6-1-2-7-16(15)24-18(27)13-9-17(26)25(11-13)14-5-3-4-12(8-14)10-23/h1-8,13H,9,11H2,(H,24,27). The van der Waals surface area contributed by atoms with Gasteiger partial charge in [0.25, 0.3) is 0 Å². The van der Waals surface area contributed by atoms with Crippen LogP contribution in [0.25, 0.3) is 0 Å². The van der Waals surface area contributed by atoms with Gasteiger partial charge in [-0.2, -0.15) is 18.4 Å². The van der Waals surface area contributed by atoms with E-state index in [1.165, 1.54) is 29.2 Å². The molecule has 8 heteroatoms. The molecule has 2 aromatic carbocycles. The van der Waals surface area contributed by atoms with Gasteiger partial charge in [-0.05, 0) is 30.3 Å². The number of alkyl halides is 3. The Bertz CT molecular complexity index is 934. The number of nitrogens with one attached hydrogen (secondary N) is 1. The smallest absolute Gasteiger partial charge is 0.325 e. The lowest BCUT2D eigenvalue weighted by Gasteiger charge is -2.18. The first-order valence-electron chi connectivity index (χ1n) is 8.07. The zero-order valence-corrected chi connectivity index (χ0v) is 14.0. The fourth-order valence-electron chi connectivity index (χ4n) is 2.95. The Balaban J connectivity index is 1.76. The topological polar surface area (TPSA) is 73.2 Å². The summed E-state index contributed by atoms with van der Waals surface area (Å²) in [5, 5.41) is 11.2. The van der Waals surface area contributed by atoms with Gasteiger partial charge in [0.2, 0.25) is 11.8 Å². The number of benzene rings is 2. The molecule has 0 aromatic heterocycles. The van der Waals surface area contributed by atoms with Gasteiger partial charge in [-0.25, -0.2) is 0 Å². The second-order valence-corrected chi connectivity index (χ2v) is 6.10. The van der Waals surface area contributed by atoms with Crippen LogP contribution in [0.1, 0.15) is 17.5 Å². The molecule has 1 aliphatic heterocycles. The molecule has 1 N–H and O–H groups in total. The molecule has 0 radical (unpaired) electrons. The van der Waals surface area contributed by atoms with Crippen molar-refractivity contribution in [1.29, 1.82) is 5.26 Å². The molecule has 0 saturated carbocycles. The van der Waals surface area contributed by atoms with Crippen molar-refractivity contribution in [2.24, 2.45) is 5.92 Å². The summed E-state index contributed by atoms with van der Waals surface area (Å²) in [5.74, 6) is -1.77. The number of rotatable bonds is 3. The molecule has 2 amide bonds. The molecule has 0 bridgehead atoms. The predicted octanol–water partition coefficient (Wildman–Crippen LogP) is 3.57. The summed E-state index contributed by atoms with van der Waals surface area (Å²) in [6, 6.07) is 13.0. The van der Waals surface area contributed by atoms with Crippen LogP contribution >= 0.6 is 0 Å². The van der Waals surface area contributed by atoms with Crippen LogP contribution in [0.5, 0.6) is 0 Å². The van der Waals surface area contributed by atoms with Gasteiger partial charge in [0.15, 0.2) is 0 Å². The van der Waals surface area contributed by atoms with Gasteiger partial charge in [0, 0.05) is 18.7 Å². The Morgan fingerprint density at radius 2 is 1.93 bits per heavy atom. The maximum Gasteiger partial charge on any atom is 0.418 e. The van der Waals surface area contributed by atoms with E-state index in [9.17, 15) is 22.8 Å². The number of hydrogen-bond acceptors (Lipinski definition) is 3. The van der Waals surface area contributed by atoms with E-state index in [-0.39, 0.29) is 24.6 Å². The second-order valence-electron chi connectivity index (χ2n) is 6.10. The minimum atomic E-state index is -4.60. The van der Waals surface area contributed by atoms with Gasteiger partial charge in [-0.3, -0.25) is 9.59 Å². The summed E-state index contributed by atoms with van der Waals surface area (Å²) in [6.07, 6.45) is -4.71. The molecule has 1 saturated heterocycles. The van der Waals surface area contributed by atoms with Gasteiger partial charge in [-0.15, -0.1) is 0 Å². The molecule has 27 heavy (non-hydrogen) atoms. The average Bonchev–Trinajstić information content (AvgIpc) is 3.03. The molecule has 0 spiro atoms. The second kappa shape index (κ2) is 7.11. The highest BCUT2D eigenvalue weighted by atomic mass is 19.4. The van der Waals surface area contributed by atoms with Gasteiger partial charge >= 0.3 is 6.18 Å². The van der Waals surface area contributed by atoms with E-state index in [0.29, 0.717) is 11.3 Å². The lowest BCUT2D eigenvalue weighted by molar-refractivity contribution is -0.137. The first-order chi connectivity index (χ1) is 12.8. The SMILES string of the molecule is N#Cc1cccc(N2CC(C(=O)Nc3ccccc3C(F)(F)F)CC2=O)c1. The number of anilines is 2. The zero-order chi connectivity index (χ0) is 19.6. The largest absolute Gasteiger partial charge is 0.418 e. The van der Waals surface area contributed by atoms with Crippen molar-refractivity contribution in [2.75, 3.05) is 16.8 Å². The summed E-state index contributed by atoms with van der Waals surface area (Å²) < 4.78 is 39.2. The first kappa shape index (κ1) is 18.5. The highest BCUT2D eigenvalue weighted by Crippen LogP contribution is 2.35. The Morgan fingerprint density at radius 3 is 2.63 bits per heavy atom. The number of halogens is 3. The third-order valence-corrected chi connectivity index (χ3v) is 4.27. The van der Waals surface area contributed by atoms with Crippen LogP contribution in [-0.2, 0) is 15.8 Å². The molecular weight excluding hydrogens is 359 g/mol. The number of carbonyl (C=O) groups is 2. The summed E-state index contributed by atoms with van der Waals surface area (Å²) in [6.45, 7) is 0.0354. The van der Waals surface area contributed by atoms with E-state index in [1.807, 2.05) is 6.07 Å². The third-order valence-electron chi connectivity index (χ3n) is 4.27. The molecule has 0 aliphatic carbocycles. The van der Waals surface area contributed by atoms with Crippen molar-refractivity contribution < 1.29 is 22.8 Å². The molecule has 1 heterocycles. The molecule has 1 unspecified atom stereocenters. The molecule has 5 nitrogen and oxygen atoms in total. The fourth-order valence-corrected chi connectivity index (χ4v) is 2.95. The average molecular weight is 373 g/mol. The maximum atomic E-state index is 13.1. The van der Waals surface area contributed by atoms with E-state index in [1.54, 1.807) is 18.2 Å². The van der Waals surface area contributed by atoms with Crippen LogP contribution in [0.3, 0.4) is 0 Å². The summed E-state index contributed by atoms with van der Waals surface area (Å²) >= 11 is 0. The number of nitriles is 1. The monoisotopic (exact) mass is 373 g/mol. The maximum absolute atomic E-state index is 13.1. The van der Waals surface area contributed by atoms with E-state index in [2.05, 4.69) is 5.32 Å². The molecule has 138 valence electrons. The Hall–Kier alpha value is -3.34. The van der Waals surface area contributed by atoms with Crippen LogP contribution in [-0.4, -0.2) is 18.4 Å². The van der Waals surface area contributed by atoms with Crippen molar-refractivity contribution >= 4 is 23.2 Å². The van der Waals surface area contributed by atoms with Gasteiger partial charge in [0.05, 0.1) is 28.8 Å². The Morgan fingerprint density at radius 1 is 1.19 bits per heavy atom. The van der Waals surface area contributed by atoms with Gasteiger partial charge < -0.3 is 10.2 Å².